The number of carboxylic acid groups (broad SMARTS) is 1. The molecular weight excluding hydrogens is 314 g/mol. The topological polar surface area (TPSA) is 83.5 Å². The summed E-state index contributed by atoms with van der Waals surface area (Å²) >= 11 is 5.73. The molecule has 0 aliphatic rings. The molecule has 0 aliphatic carbocycles. The molecule has 2 N–H and O–H groups in total. The van der Waals surface area contributed by atoms with Gasteiger partial charge in [-0.15, -0.1) is 0 Å². The monoisotopic (exact) mass is 333 g/mol. The zero-order chi connectivity index (χ0) is 16.3. The first-order chi connectivity index (χ1) is 9.52. The normalized spacial score (nSPS) is 13.9. The Morgan fingerprint density at radius 2 is 1.81 bits per heavy atom. The van der Waals surface area contributed by atoms with E-state index >= 15 is 0 Å². The van der Waals surface area contributed by atoms with Gasteiger partial charge in [0.05, 0.1) is 4.90 Å². The highest BCUT2D eigenvalue weighted by Crippen LogP contribution is 2.28. The summed E-state index contributed by atoms with van der Waals surface area (Å²) in [6.07, 6.45) is -0.0906. The van der Waals surface area contributed by atoms with Gasteiger partial charge in [0.1, 0.15) is 0 Å². The molecule has 1 atom stereocenters. The second-order valence-electron chi connectivity index (χ2n) is 5.97. The number of carbonyl (C=O) groups is 1. The molecule has 0 aromatic heterocycles. The van der Waals surface area contributed by atoms with Gasteiger partial charge in [-0.3, -0.25) is 4.79 Å². The van der Waals surface area contributed by atoms with Gasteiger partial charge < -0.3 is 5.11 Å². The first-order valence-corrected chi connectivity index (χ1v) is 8.35. The average molecular weight is 334 g/mol. The molecule has 1 aromatic rings. The molecule has 0 saturated heterocycles. The lowest BCUT2D eigenvalue weighted by atomic mass is 9.79. The largest absolute Gasteiger partial charge is 0.481 e. The van der Waals surface area contributed by atoms with Gasteiger partial charge in [-0.05, 0) is 35.6 Å². The third-order valence-electron chi connectivity index (χ3n) is 3.29. The third-order valence-corrected chi connectivity index (χ3v) is 4.98. The van der Waals surface area contributed by atoms with Crippen molar-refractivity contribution in [2.75, 3.05) is 6.54 Å². The number of hydrogen-bond donors (Lipinski definition) is 2. The maximum atomic E-state index is 12.2. The molecule has 1 rings (SSSR count). The number of halogens is 1. The van der Waals surface area contributed by atoms with Crippen molar-refractivity contribution >= 4 is 27.6 Å². The fourth-order valence-corrected chi connectivity index (χ4v) is 3.01. The summed E-state index contributed by atoms with van der Waals surface area (Å²) in [5.41, 5.74) is -0.319. The standard InChI is InChI=1S/C14H20ClNO4S/c1-14(2,3)10(8-13(17)18)9-16-21(19,20)12-6-4-11(15)5-7-12/h4-7,10,16H,8-9H2,1-3H3,(H,17,18). The van der Waals surface area contributed by atoms with Crippen LogP contribution in [0.5, 0.6) is 0 Å². The van der Waals surface area contributed by atoms with Gasteiger partial charge in [-0.1, -0.05) is 32.4 Å². The summed E-state index contributed by atoms with van der Waals surface area (Å²) in [7, 11) is -3.67. The van der Waals surface area contributed by atoms with E-state index in [1.165, 1.54) is 24.3 Å². The Morgan fingerprint density at radius 1 is 1.29 bits per heavy atom. The van der Waals surface area contributed by atoms with Crippen molar-refractivity contribution in [3.8, 4) is 0 Å². The van der Waals surface area contributed by atoms with Gasteiger partial charge in [0, 0.05) is 18.0 Å². The highest BCUT2D eigenvalue weighted by atomic mass is 35.5. The lowest BCUT2D eigenvalue weighted by Gasteiger charge is -2.29. The Morgan fingerprint density at radius 3 is 2.24 bits per heavy atom. The summed E-state index contributed by atoms with van der Waals surface area (Å²) in [5.74, 6) is -1.25. The van der Waals surface area contributed by atoms with Crippen LogP contribution >= 0.6 is 11.6 Å². The lowest BCUT2D eigenvalue weighted by molar-refractivity contribution is -0.139. The zero-order valence-electron chi connectivity index (χ0n) is 12.3. The van der Waals surface area contributed by atoms with Gasteiger partial charge >= 0.3 is 5.97 Å². The van der Waals surface area contributed by atoms with Crippen molar-refractivity contribution in [1.29, 1.82) is 0 Å². The minimum absolute atomic E-state index is 0.0702. The number of hydrogen-bond acceptors (Lipinski definition) is 3. The van der Waals surface area contributed by atoms with Gasteiger partial charge in [0.25, 0.3) is 0 Å². The molecule has 118 valence electrons. The van der Waals surface area contributed by atoms with Crippen LogP contribution < -0.4 is 4.72 Å². The smallest absolute Gasteiger partial charge is 0.303 e. The van der Waals surface area contributed by atoms with Gasteiger partial charge in [0.15, 0.2) is 0 Å². The van der Waals surface area contributed by atoms with Crippen LogP contribution in [0.4, 0.5) is 0 Å². The Bertz CT molecular complexity index is 590. The molecule has 5 nitrogen and oxygen atoms in total. The number of benzene rings is 1. The Kier molecular flexibility index (Phi) is 5.78. The van der Waals surface area contributed by atoms with Crippen LogP contribution in [0.2, 0.25) is 5.02 Å². The van der Waals surface area contributed by atoms with E-state index in [4.69, 9.17) is 16.7 Å². The number of carboxylic acids is 1. The van der Waals surface area contributed by atoms with Gasteiger partial charge in [-0.25, -0.2) is 13.1 Å². The van der Waals surface area contributed by atoms with Crippen molar-refractivity contribution in [2.24, 2.45) is 11.3 Å². The SMILES string of the molecule is CC(C)(C)C(CNS(=O)(=O)c1ccc(Cl)cc1)CC(=O)O. The summed E-state index contributed by atoms with van der Waals surface area (Å²) in [4.78, 5) is 11.0. The molecule has 0 amide bonds. The Balaban J connectivity index is 2.83. The predicted octanol–water partition coefficient (Wildman–Crippen LogP) is 2.76. The van der Waals surface area contributed by atoms with Crippen LogP contribution in [0, 0.1) is 11.3 Å². The minimum Gasteiger partial charge on any atom is -0.481 e. The van der Waals surface area contributed by atoms with E-state index in [-0.39, 0.29) is 29.2 Å². The molecular formula is C14H20ClNO4S. The molecule has 0 spiro atoms. The Labute approximate surface area is 130 Å². The summed E-state index contributed by atoms with van der Waals surface area (Å²) in [6, 6.07) is 5.81. The molecule has 0 heterocycles. The highest BCUT2D eigenvalue weighted by molar-refractivity contribution is 7.89. The van der Waals surface area contributed by atoms with E-state index < -0.39 is 16.0 Å². The molecule has 0 bridgehead atoms. The average Bonchev–Trinajstić information content (AvgIpc) is 2.33. The van der Waals surface area contributed by atoms with E-state index in [0.717, 1.165) is 0 Å². The first-order valence-electron chi connectivity index (χ1n) is 6.49. The van der Waals surface area contributed by atoms with Gasteiger partial charge in [0.2, 0.25) is 10.0 Å². The first kappa shape index (κ1) is 17.9. The number of aliphatic carboxylic acids is 1. The predicted molar refractivity (Wildman–Crippen MR) is 81.8 cm³/mol. The zero-order valence-corrected chi connectivity index (χ0v) is 13.8. The second-order valence-corrected chi connectivity index (χ2v) is 8.17. The summed E-state index contributed by atoms with van der Waals surface area (Å²) in [6.45, 7) is 5.73. The molecule has 7 heteroatoms. The second kappa shape index (κ2) is 6.77. The van der Waals surface area contributed by atoms with Crippen molar-refractivity contribution in [3.63, 3.8) is 0 Å². The number of rotatable bonds is 6. The molecule has 0 saturated carbocycles. The molecule has 0 radical (unpaired) electrons. The van der Waals surface area contributed by atoms with Crippen LogP contribution in [-0.2, 0) is 14.8 Å². The van der Waals surface area contributed by atoms with Crippen molar-refractivity contribution in [1.82, 2.24) is 4.72 Å². The maximum Gasteiger partial charge on any atom is 0.303 e. The molecule has 0 aliphatic heterocycles. The molecule has 1 unspecified atom stereocenters. The lowest BCUT2D eigenvalue weighted by Crippen LogP contribution is -2.36. The van der Waals surface area contributed by atoms with Crippen LogP contribution in [0.3, 0.4) is 0 Å². The van der Waals surface area contributed by atoms with E-state index in [0.29, 0.717) is 5.02 Å². The minimum atomic E-state index is -3.67. The maximum absolute atomic E-state index is 12.2. The van der Waals surface area contributed by atoms with Crippen LogP contribution in [-0.4, -0.2) is 26.0 Å². The summed E-state index contributed by atoms with van der Waals surface area (Å²) in [5, 5.41) is 9.38. The fraction of sp³-hybridized carbons (Fsp3) is 0.500. The van der Waals surface area contributed by atoms with Crippen LogP contribution in [0.1, 0.15) is 27.2 Å². The Hall–Kier alpha value is -1.11. The quantitative estimate of drug-likeness (QED) is 0.838. The number of sulfonamides is 1. The third kappa shape index (κ3) is 5.65. The van der Waals surface area contributed by atoms with E-state index in [2.05, 4.69) is 4.72 Å². The number of nitrogens with one attached hydrogen (secondary N) is 1. The van der Waals surface area contributed by atoms with Crippen molar-refractivity contribution in [2.45, 2.75) is 32.1 Å². The van der Waals surface area contributed by atoms with Crippen molar-refractivity contribution < 1.29 is 18.3 Å². The van der Waals surface area contributed by atoms with Crippen LogP contribution in [0.25, 0.3) is 0 Å². The van der Waals surface area contributed by atoms with E-state index in [1.54, 1.807) is 0 Å². The molecule has 21 heavy (non-hydrogen) atoms. The van der Waals surface area contributed by atoms with E-state index in [9.17, 15) is 13.2 Å². The van der Waals surface area contributed by atoms with E-state index in [1.807, 2.05) is 20.8 Å². The summed E-state index contributed by atoms with van der Waals surface area (Å²) < 4.78 is 26.8. The van der Waals surface area contributed by atoms with Crippen molar-refractivity contribution in [3.05, 3.63) is 29.3 Å². The molecule has 1 aromatic carbocycles. The fourth-order valence-electron chi connectivity index (χ4n) is 1.80. The highest BCUT2D eigenvalue weighted by Gasteiger charge is 2.28. The van der Waals surface area contributed by atoms with Gasteiger partial charge in [-0.2, -0.15) is 0 Å². The molecule has 0 fully saturated rings. The van der Waals surface area contributed by atoms with Crippen LogP contribution in [0.15, 0.2) is 29.2 Å².